The number of likely N-dealkylation sites (tertiary alicyclic amines) is 1. The van der Waals surface area contributed by atoms with Gasteiger partial charge in [0.2, 0.25) is 0 Å². The summed E-state index contributed by atoms with van der Waals surface area (Å²) in [5.41, 5.74) is 0.841. The zero-order valence-electron chi connectivity index (χ0n) is 10.2. The molecule has 0 atom stereocenters. The van der Waals surface area contributed by atoms with Gasteiger partial charge in [-0.25, -0.2) is 5.10 Å². The van der Waals surface area contributed by atoms with Crippen molar-refractivity contribution in [1.29, 1.82) is 0 Å². The maximum absolute atomic E-state index is 11.2. The fourth-order valence-electron chi connectivity index (χ4n) is 2.32. The van der Waals surface area contributed by atoms with Crippen LogP contribution in [0.15, 0.2) is 15.3 Å². The van der Waals surface area contributed by atoms with E-state index in [1.54, 1.807) is 0 Å². The van der Waals surface area contributed by atoms with Gasteiger partial charge in [-0.15, -0.1) is 0 Å². The average molecular weight is 300 g/mol. The van der Waals surface area contributed by atoms with Crippen LogP contribution >= 0.6 is 15.9 Å². The van der Waals surface area contributed by atoms with Crippen molar-refractivity contribution in [2.45, 2.75) is 38.6 Å². The first kappa shape index (κ1) is 12.8. The van der Waals surface area contributed by atoms with Gasteiger partial charge in [0.25, 0.3) is 5.56 Å². The van der Waals surface area contributed by atoms with Crippen LogP contribution in [-0.2, 0) is 0 Å². The van der Waals surface area contributed by atoms with E-state index in [-0.39, 0.29) is 5.56 Å². The van der Waals surface area contributed by atoms with Crippen LogP contribution in [0.25, 0.3) is 0 Å². The molecule has 0 radical (unpaired) electrons. The van der Waals surface area contributed by atoms with Crippen LogP contribution in [0, 0.1) is 0 Å². The molecule has 1 aromatic heterocycles. The quantitative estimate of drug-likeness (QED) is 0.910. The molecule has 1 aromatic rings. The minimum absolute atomic E-state index is 0.159. The molecule has 1 fully saturated rings. The Morgan fingerprint density at radius 2 is 2.12 bits per heavy atom. The third kappa shape index (κ3) is 2.96. The lowest BCUT2D eigenvalue weighted by Gasteiger charge is -2.34. The molecule has 0 bridgehead atoms. The smallest absolute Gasteiger partial charge is 0.278 e. The fraction of sp³-hybridized carbons (Fsp3) is 0.667. The van der Waals surface area contributed by atoms with Crippen molar-refractivity contribution < 1.29 is 0 Å². The van der Waals surface area contributed by atoms with Gasteiger partial charge in [-0.2, -0.15) is 5.10 Å². The molecular weight excluding hydrogens is 282 g/mol. The van der Waals surface area contributed by atoms with E-state index < -0.39 is 0 Å². The Morgan fingerprint density at radius 1 is 1.47 bits per heavy atom. The van der Waals surface area contributed by atoms with Crippen LogP contribution in [0.2, 0.25) is 0 Å². The fourth-order valence-corrected chi connectivity index (χ4v) is 2.64. The number of halogens is 1. The third-order valence-corrected chi connectivity index (χ3v) is 4.05. The molecule has 1 N–H and O–H groups in total. The number of piperidine rings is 1. The van der Waals surface area contributed by atoms with Gasteiger partial charge in [0.05, 0.1) is 10.2 Å². The predicted octanol–water partition coefficient (Wildman–Crippen LogP) is 2.12. The molecule has 0 saturated carbocycles. The third-order valence-electron chi connectivity index (χ3n) is 3.46. The molecule has 0 aliphatic carbocycles. The van der Waals surface area contributed by atoms with Crippen LogP contribution in [0.1, 0.15) is 38.3 Å². The molecule has 5 heteroatoms. The van der Waals surface area contributed by atoms with Gasteiger partial charge < -0.3 is 4.90 Å². The van der Waals surface area contributed by atoms with Crippen molar-refractivity contribution in [2.24, 2.45) is 0 Å². The Balaban J connectivity index is 2.05. The Morgan fingerprint density at radius 3 is 2.65 bits per heavy atom. The van der Waals surface area contributed by atoms with Gasteiger partial charge in [0.15, 0.2) is 0 Å². The number of rotatable bonds is 2. The summed E-state index contributed by atoms with van der Waals surface area (Å²) < 4.78 is 0.578. The molecule has 2 heterocycles. The lowest BCUT2D eigenvalue weighted by atomic mass is 9.93. The molecule has 0 spiro atoms. The number of H-pyrrole nitrogens is 1. The van der Waals surface area contributed by atoms with Crippen LogP contribution in [-0.4, -0.2) is 34.2 Å². The first-order chi connectivity index (χ1) is 8.08. The molecule has 2 rings (SSSR count). The highest BCUT2D eigenvalue weighted by atomic mass is 79.9. The number of aromatic amines is 1. The van der Waals surface area contributed by atoms with Gasteiger partial charge >= 0.3 is 0 Å². The van der Waals surface area contributed by atoms with Crippen LogP contribution in [0.3, 0.4) is 0 Å². The summed E-state index contributed by atoms with van der Waals surface area (Å²) in [5, 5.41) is 6.68. The molecule has 1 saturated heterocycles. The van der Waals surface area contributed by atoms with Crippen molar-refractivity contribution in [3.8, 4) is 0 Å². The van der Waals surface area contributed by atoms with Crippen molar-refractivity contribution in [3.05, 3.63) is 26.6 Å². The summed E-state index contributed by atoms with van der Waals surface area (Å²) in [6.07, 6.45) is 2.23. The van der Waals surface area contributed by atoms with Crippen LogP contribution in [0.5, 0.6) is 0 Å². The van der Waals surface area contributed by atoms with Crippen LogP contribution < -0.4 is 5.56 Å². The van der Waals surface area contributed by atoms with Gasteiger partial charge in [0, 0.05) is 12.0 Å². The largest absolute Gasteiger partial charge is 0.301 e. The summed E-state index contributed by atoms with van der Waals surface area (Å²) in [7, 11) is 0. The Hall–Kier alpha value is -0.680. The van der Waals surface area contributed by atoms with E-state index in [1.165, 1.54) is 0 Å². The minimum Gasteiger partial charge on any atom is -0.301 e. The first-order valence-electron chi connectivity index (χ1n) is 6.07. The van der Waals surface area contributed by atoms with E-state index in [0.29, 0.717) is 16.4 Å². The Kier molecular flexibility index (Phi) is 3.99. The maximum atomic E-state index is 11.2. The zero-order chi connectivity index (χ0) is 12.4. The second kappa shape index (κ2) is 5.31. The van der Waals surface area contributed by atoms with Crippen molar-refractivity contribution in [3.63, 3.8) is 0 Å². The SMILES string of the molecule is CC(C)N1CCC(c2cc(Br)c(=O)[nH]n2)CC1. The number of nitrogens with one attached hydrogen (secondary N) is 1. The van der Waals surface area contributed by atoms with E-state index in [0.717, 1.165) is 31.6 Å². The average Bonchev–Trinajstić information content (AvgIpc) is 2.33. The zero-order valence-corrected chi connectivity index (χ0v) is 11.8. The van der Waals surface area contributed by atoms with Crippen molar-refractivity contribution >= 4 is 15.9 Å². The molecule has 0 amide bonds. The minimum atomic E-state index is -0.159. The van der Waals surface area contributed by atoms with Gasteiger partial charge in [-0.05, 0) is 61.8 Å². The molecule has 94 valence electrons. The molecule has 1 aliphatic rings. The summed E-state index contributed by atoms with van der Waals surface area (Å²) in [6, 6.07) is 2.47. The molecular formula is C12H18BrN3O. The van der Waals surface area contributed by atoms with Crippen molar-refractivity contribution in [1.82, 2.24) is 15.1 Å². The monoisotopic (exact) mass is 299 g/mol. The summed E-state index contributed by atoms with van der Waals surface area (Å²) >= 11 is 3.25. The molecule has 0 aromatic carbocycles. The first-order valence-corrected chi connectivity index (χ1v) is 6.86. The normalized spacial score (nSPS) is 18.8. The van der Waals surface area contributed by atoms with E-state index in [1.807, 2.05) is 6.07 Å². The lowest BCUT2D eigenvalue weighted by molar-refractivity contribution is 0.170. The Labute approximate surface area is 110 Å². The standard InChI is InChI=1S/C12H18BrN3O/c1-8(2)16-5-3-9(4-6-16)11-7-10(13)12(17)15-14-11/h7-9H,3-6H2,1-2H3,(H,15,17). The highest BCUT2D eigenvalue weighted by molar-refractivity contribution is 9.10. The van der Waals surface area contributed by atoms with E-state index in [9.17, 15) is 4.79 Å². The second-order valence-electron chi connectivity index (χ2n) is 4.87. The highest BCUT2D eigenvalue weighted by Crippen LogP contribution is 2.27. The topological polar surface area (TPSA) is 49.0 Å². The van der Waals surface area contributed by atoms with Gasteiger partial charge in [-0.3, -0.25) is 4.79 Å². The van der Waals surface area contributed by atoms with E-state index in [2.05, 4.69) is 44.9 Å². The molecule has 0 unspecified atom stereocenters. The number of aromatic nitrogens is 2. The van der Waals surface area contributed by atoms with E-state index >= 15 is 0 Å². The van der Waals surface area contributed by atoms with Gasteiger partial charge in [0.1, 0.15) is 0 Å². The lowest BCUT2D eigenvalue weighted by Crippen LogP contribution is -2.38. The number of nitrogens with zero attached hydrogens (tertiary/aromatic N) is 2. The predicted molar refractivity (Wildman–Crippen MR) is 71.2 cm³/mol. The second-order valence-corrected chi connectivity index (χ2v) is 5.73. The number of hydrogen-bond acceptors (Lipinski definition) is 3. The summed E-state index contributed by atoms with van der Waals surface area (Å²) in [4.78, 5) is 13.7. The van der Waals surface area contributed by atoms with E-state index in [4.69, 9.17) is 0 Å². The summed E-state index contributed by atoms with van der Waals surface area (Å²) in [5.74, 6) is 0.471. The molecule has 17 heavy (non-hydrogen) atoms. The molecule has 4 nitrogen and oxygen atoms in total. The Bertz CT molecular complexity index is 436. The van der Waals surface area contributed by atoms with Crippen molar-refractivity contribution in [2.75, 3.05) is 13.1 Å². The van der Waals surface area contributed by atoms with Gasteiger partial charge in [-0.1, -0.05) is 0 Å². The highest BCUT2D eigenvalue weighted by Gasteiger charge is 2.23. The van der Waals surface area contributed by atoms with Crippen LogP contribution in [0.4, 0.5) is 0 Å². The maximum Gasteiger partial charge on any atom is 0.278 e. The summed E-state index contributed by atoms with van der Waals surface area (Å²) in [6.45, 7) is 6.69. The molecule has 1 aliphatic heterocycles. The number of hydrogen-bond donors (Lipinski definition) is 1.